The highest BCUT2D eigenvalue weighted by molar-refractivity contribution is 7.85. The second-order valence-electron chi connectivity index (χ2n) is 10.6. The first-order valence-electron chi connectivity index (χ1n) is 14.6. The van der Waals surface area contributed by atoms with Crippen molar-refractivity contribution in [1.82, 2.24) is 25.6 Å². The van der Waals surface area contributed by atoms with Crippen LogP contribution in [0, 0.1) is 0 Å². The number of pyridine rings is 1. The molecule has 0 saturated heterocycles. The van der Waals surface area contributed by atoms with Gasteiger partial charge in [-0.2, -0.15) is 8.42 Å². The molecule has 43 heavy (non-hydrogen) atoms. The highest BCUT2D eigenvalue weighted by Crippen LogP contribution is 2.27. The summed E-state index contributed by atoms with van der Waals surface area (Å²) in [5, 5.41) is 5.90. The van der Waals surface area contributed by atoms with Crippen molar-refractivity contribution in [3.05, 3.63) is 29.6 Å². The number of nitrogens with zero attached hydrogens (tertiary/aromatic N) is 2. The molecule has 6 N–H and O–H groups in total. The minimum Gasteiger partial charge on any atom is -0.382 e. The Kier molecular flexibility index (Phi) is 12.8. The summed E-state index contributed by atoms with van der Waals surface area (Å²) >= 11 is 0. The minimum absolute atomic E-state index is 0.00725. The van der Waals surface area contributed by atoms with Crippen LogP contribution >= 0.6 is 0 Å². The number of ketones is 1. The number of nitrogens with two attached hydrogens (primary N) is 1. The first-order valence-corrected chi connectivity index (χ1v) is 16.2. The number of H-pyrrole nitrogens is 1. The molecule has 2 aromatic heterocycles. The van der Waals surface area contributed by atoms with Gasteiger partial charge in [-0.15, -0.1) is 0 Å². The molecule has 0 radical (unpaired) electrons. The van der Waals surface area contributed by atoms with Crippen LogP contribution in [0.3, 0.4) is 0 Å². The second kappa shape index (κ2) is 16.3. The Labute approximate surface area is 251 Å². The molecule has 0 saturated carbocycles. The van der Waals surface area contributed by atoms with Crippen LogP contribution < -0.4 is 16.4 Å². The van der Waals surface area contributed by atoms with Crippen LogP contribution in [0.25, 0.3) is 21.9 Å². The van der Waals surface area contributed by atoms with E-state index in [1.807, 2.05) is 12.1 Å². The van der Waals surface area contributed by atoms with Crippen molar-refractivity contribution in [2.75, 3.05) is 31.2 Å². The van der Waals surface area contributed by atoms with E-state index in [4.69, 9.17) is 15.5 Å². The fraction of sp³-hybridized carbons (Fsp3) is 0.552. The number of hydrogen-bond donors (Lipinski definition) is 5. The average molecular weight is 619 g/mol. The third-order valence-electron chi connectivity index (χ3n) is 6.88. The lowest BCUT2D eigenvalue weighted by Crippen LogP contribution is -2.50. The number of imidazole rings is 1. The Balaban J connectivity index is 1.45. The first kappa shape index (κ1) is 33.9. The summed E-state index contributed by atoms with van der Waals surface area (Å²) < 4.78 is 37.2. The van der Waals surface area contributed by atoms with Crippen LogP contribution in [-0.4, -0.2) is 77.1 Å². The Morgan fingerprint density at radius 2 is 1.84 bits per heavy atom. The zero-order valence-electron chi connectivity index (χ0n) is 24.8. The quantitative estimate of drug-likeness (QED) is 0.0980. The molecular weight excluding hydrogens is 576 g/mol. The number of aromatic amines is 1. The van der Waals surface area contributed by atoms with Crippen molar-refractivity contribution in [3.8, 4) is 0 Å². The van der Waals surface area contributed by atoms with Crippen molar-refractivity contribution >= 4 is 55.5 Å². The number of Topliss-reactive ketones (excluding diaryl/α,β-unsaturated/α-hetero) is 1. The van der Waals surface area contributed by atoms with E-state index in [-0.39, 0.29) is 38.4 Å². The molecule has 2 amide bonds. The fourth-order valence-electron chi connectivity index (χ4n) is 4.58. The highest BCUT2D eigenvalue weighted by atomic mass is 32.2. The molecular formula is C29H42N6O7S. The predicted octanol–water partition coefficient (Wildman–Crippen LogP) is 2.62. The maximum absolute atomic E-state index is 12.6. The number of ether oxygens (including phenoxy) is 1. The van der Waals surface area contributed by atoms with Crippen LogP contribution in [-0.2, 0) is 42.1 Å². The molecule has 236 valence electrons. The molecule has 3 rings (SSSR count). The molecule has 0 aliphatic rings. The number of fused-ring (bicyclic) bond motifs is 3. The third-order valence-corrected chi connectivity index (χ3v) is 7.63. The maximum atomic E-state index is 12.6. The first-order chi connectivity index (χ1) is 20.5. The molecule has 0 unspecified atom stereocenters. The van der Waals surface area contributed by atoms with Gasteiger partial charge in [-0.3, -0.25) is 18.9 Å². The lowest BCUT2D eigenvalue weighted by Gasteiger charge is -2.17. The van der Waals surface area contributed by atoms with Crippen molar-refractivity contribution in [1.29, 1.82) is 0 Å². The molecule has 1 aromatic carbocycles. The second-order valence-corrected chi connectivity index (χ2v) is 12.1. The number of aromatic nitrogens is 3. The average Bonchev–Trinajstić information content (AvgIpc) is 3.37. The number of anilines is 1. The van der Waals surface area contributed by atoms with Gasteiger partial charge in [0.05, 0.1) is 18.7 Å². The van der Waals surface area contributed by atoms with E-state index in [9.17, 15) is 27.4 Å². The minimum atomic E-state index is -4.52. The monoisotopic (exact) mass is 618 g/mol. The van der Waals surface area contributed by atoms with Crippen LogP contribution in [0.5, 0.6) is 0 Å². The number of aryl methyl sites for hydroxylation is 2. The third kappa shape index (κ3) is 11.2. The Morgan fingerprint density at radius 3 is 2.56 bits per heavy atom. The summed E-state index contributed by atoms with van der Waals surface area (Å²) in [6, 6.07) is 4.65. The summed E-state index contributed by atoms with van der Waals surface area (Å²) in [6.07, 6.45) is 6.14. The van der Waals surface area contributed by atoms with Crippen LogP contribution in [0.15, 0.2) is 18.2 Å². The smallest absolute Gasteiger partial charge is 0.267 e. The van der Waals surface area contributed by atoms with E-state index >= 15 is 0 Å². The number of benzene rings is 1. The van der Waals surface area contributed by atoms with Gasteiger partial charge in [0.2, 0.25) is 11.8 Å². The van der Waals surface area contributed by atoms with Gasteiger partial charge >= 0.3 is 0 Å². The van der Waals surface area contributed by atoms with E-state index in [2.05, 4.69) is 33.6 Å². The summed E-state index contributed by atoms with van der Waals surface area (Å²) in [6.45, 7) is 4.01. The number of nitrogens with one attached hydrogen (secondary N) is 3. The summed E-state index contributed by atoms with van der Waals surface area (Å²) in [4.78, 5) is 48.3. The summed E-state index contributed by atoms with van der Waals surface area (Å²) in [5.41, 5.74) is 9.70. The normalized spacial score (nSPS) is 12.4. The van der Waals surface area contributed by atoms with Gasteiger partial charge in [0, 0.05) is 31.2 Å². The molecule has 0 bridgehead atoms. The molecule has 13 nitrogen and oxygen atoms in total. The van der Waals surface area contributed by atoms with Gasteiger partial charge in [0.25, 0.3) is 10.1 Å². The van der Waals surface area contributed by atoms with E-state index in [0.29, 0.717) is 12.2 Å². The maximum Gasteiger partial charge on any atom is 0.267 e. The van der Waals surface area contributed by atoms with Crippen LogP contribution in [0.2, 0.25) is 0 Å². The zero-order chi connectivity index (χ0) is 31.4. The molecule has 14 heteroatoms. The number of nitrogen functional groups attached to an aromatic ring is 1. The molecule has 0 fully saturated rings. The topological polar surface area (TPSA) is 206 Å². The van der Waals surface area contributed by atoms with Gasteiger partial charge in [-0.1, -0.05) is 31.9 Å². The number of rotatable bonds is 19. The van der Waals surface area contributed by atoms with E-state index < -0.39 is 33.7 Å². The largest absolute Gasteiger partial charge is 0.382 e. The van der Waals surface area contributed by atoms with Gasteiger partial charge in [-0.25, -0.2) is 9.97 Å². The van der Waals surface area contributed by atoms with Gasteiger partial charge < -0.3 is 26.1 Å². The van der Waals surface area contributed by atoms with Crippen molar-refractivity contribution in [2.24, 2.45) is 0 Å². The SMILES string of the molecule is CCCCc1nc2c([nH]1)c(N)nc1cc(CCCCCNC(=O)[C@H](CS(=O)(=O)O)NC(=O)CCOCCC(C)=O)ccc12. The molecule has 2 heterocycles. The standard InChI is InChI=1S/C29H42N6O7S/c1-3-4-9-24-34-26-21-11-10-20(17-22(21)33-28(30)27(26)35-24)8-6-5-7-14-31-29(38)23(18-43(39,40)41)32-25(37)13-16-42-15-12-19(2)36/h10-11,17,23H,3-9,12-16,18H2,1-2H3,(H2,30,33)(H,31,38)(H,32,37)(H,34,35)(H,39,40,41)/t23-/m0/s1. The molecule has 1 atom stereocenters. The zero-order valence-corrected chi connectivity index (χ0v) is 25.6. The van der Waals surface area contributed by atoms with Gasteiger partial charge in [0.15, 0.2) is 0 Å². The van der Waals surface area contributed by atoms with Crippen LogP contribution in [0.4, 0.5) is 5.82 Å². The fourth-order valence-corrected chi connectivity index (χ4v) is 5.24. The lowest BCUT2D eigenvalue weighted by atomic mass is 10.0. The van der Waals surface area contributed by atoms with E-state index in [1.54, 1.807) is 0 Å². The number of carbonyl (C=O) groups is 3. The Bertz CT molecular complexity index is 1520. The number of hydrogen-bond acceptors (Lipinski definition) is 9. The number of carbonyl (C=O) groups excluding carboxylic acids is 3. The Hall–Kier alpha value is -3.62. The van der Waals surface area contributed by atoms with Gasteiger partial charge in [0.1, 0.15) is 40.3 Å². The van der Waals surface area contributed by atoms with Crippen LogP contribution in [0.1, 0.15) is 70.2 Å². The lowest BCUT2D eigenvalue weighted by molar-refractivity contribution is -0.129. The molecule has 0 aliphatic heterocycles. The van der Waals surface area contributed by atoms with Crippen molar-refractivity contribution in [3.63, 3.8) is 0 Å². The van der Waals surface area contributed by atoms with Crippen molar-refractivity contribution < 1.29 is 32.1 Å². The molecule has 3 aromatic rings. The van der Waals surface area contributed by atoms with Crippen molar-refractivity contribution in [2.45, 2.75) is 77.7 Å². The Morgan fingerprint density at radius 1 is 1.07 bits per heavy atom. The van der Waals surface area contributed by atoms with Gasteiger partial charge in [-0.05, 0) is 44.2 Å². The molecule has 0 aliphatic carbocycles. The number of unbranched alkanes of at least 4 members (excludes halogenated alkanes) is 3. The van der Waals surface area contributed by atoms with E-state index in [1.165, 1.54) is 6.92 Å². The predicted molar refractivity (Wildman–Crippen MR) is 164 cm³/mol. The molecule has 0 spiro atoms. The number of amides is 2. The van der Waals surface area contributed by atoms with E-state index in [0.717, 1.165) is 71.8 Å². The summed E-state index contributed by atoms with van der Waals surface area (Å²) in [5.74, 6) is -0.966. The summed E-state index contributed by atoms with van der Waals surface area (Å²) in [7, 11) is -4.52. The highest BCUT2D eigenvalue weighted by Gasteiger charge is 2.26.